The molecule has 124 valence electrons. The number of allylic oxidation sites excluding steroid dienone is 2. The van der Waals surface area contributed by atoms with E-state index in [4.69, 9.17) is 10.5 Å². The molecule has 3 rings (SSSR count). The third kappa shape index (κ3) is 2.59. The van der Waals surface area contributed by atoms with Crippen LogP contribution in [0.25, 0.3) is 11.0 Å². The predicted octanol–water partition coefficient (Wildman–Crippen LogP) is -0.256. The van der Waals surface area contributed by atoms with E-state index in [2.05, 4.69) is 9.97 Å². The molecule has 2 aromatic heterocycles. The molecule has 1 aliphatic heterocycles. The first kappa shape index (κ1) is 15.9. The Morgan fingerprint density at radius 1 is 1.35 bits per heavy atom. The molecule has 1 aliphatic rings. The summed E-state index contributed by atoms with van der Waals surface area (Å²) < 4.78 is 7.22. The second-order valence-electron chi connectivity index (χ2n) is 5.52. The fourth-order valence-electron chi connectivity index (χ4n) is 2.89. The minimum atomic E-state index is -1.17. The molecule has 8 nitrogen and oxygen atoms in total. The van der Waals surface area contributed by atoms with E-state index in [0.29, 0.717) is 23.3 Å². The molecule has 0 radical (unpaired) electrons. The largest absolute Gasteiger partial charge is 0.394 e. The SMILES string of the molecule is C/C=C/Cc1cn([C@@H]2O[C@H](CO)[C@@H](O)[C@H]2O)c2ncnc(N)c12. The van der Waals surface area contributed by atoms with Crippen LogP contribution in [0.4, 0.5) is 5.82 Å². The van der Waals surface area contributed by atoms with E-state index in [1.807, 2.05) is 19.1 Å². The van der Waals surface area contributed by atoms with E-state index in [-0.39, 0.29) is 6.61 Å². The topological polar surface area (TPSA) is 127 Å². The van der Waals surface area contributed by atoms with Crippen molar-refractivity contribution in [1.82, 2.24) is 14.5 Å². The van der Waals surface area contributed by atoms with Gasteiger partial charge in [0.15, 0.2) is 6.23 Å². The van der Waals surface area contributed by atoms with Crippen molar-refractivity contribution in [3.63, 3.8) is 0 Å². The number of nitrogen functional groups attached to an aromatic ring is 1. The normalized spacial score (nSPS) is 28.2. The summed E-state index contributed by atoms with van der Waals surface area (Å²) in [5, 5.41) is 30.1. The molecular formula is C15H20N4O4. The van der Waals surface area contributed by atoms with Gasteiger partial charge in [0.1, 0.15) is 36.1 Å². The summed E-state index contributed by atoms with van der Waals surface area (Å²) in [5.41, 5.74) is 7.39. The minimum Gasteiger partial charge on any atom is -0.394 e. The van der Waals surface area contributed by atoms with Crippen LogP contribution in [0.1, 0.15) is 18.7 Å². The van der Waals surface area contributed by atoms with E-state index in [1.165, 1.54) is 6.33 Å². The van der Waals surface area contributed by atoms with Gasteiger partial charge in [-0.1, -0.05) is 12.2 Å². The molecule has 3 heterocycles. The third-order valence-corrected chi connectivity index (χ3v) is 4.08. The van der Waals surface area contributed by atoms with Gasteiger partial charge in [0, 0.05) is 6.20 Å². The summed E-state index contributed by atoms with van der Waals surface area (Å²) in [4.78, 5) is 8.26. The number of aliphatic hydroxyl groups excluding tert-OH is 3. The van der Waals surface area contributed by atoms with Crippen molar-refractivity contribution in [2.24, 2.45) is 0 Å². The first-order valence-corrected chi connectivity index (χ1v) is 7.42. The van der Waals surface area contributed by atoms with Crippen LogP contribution in [-0.2, 0) is 11.2 Å². The fourth-order valence-corrected chi connectivity index (χ4v) is 2.89. The summed E-state index contributed by atoms with van der Waals surface area (Å²) in [6.07, 6.45) is 3.63. The third-order valence-electron chi connectivity index (χ3n) is 4.08. The average molecular weight is 320 g/mol. The van der Waals surface area contributed by atoms with Crippen molar-refractivity contribution in [3.05, 3.63) is 30.2 Å². The smallest absolute Gasteiger partial charge is 0.164 e. The molecule has 1 fully saturated rings. The number of nitrogens with two attached hydrogens (primary N) is 1. The van der Waals surface area contributed by atoms with Gasteiger partial charge >= 0.3 is 0 Å². The van der Waals surface area contributed by atoms with Gasteiger partial charge in [0.25, 0.3) is 0 Å². The lowest BCUT2D eigenvalue weighted by Crippen LogP contribution is -2.33. The zero-order valence-corrected chi connectivity index (χ0v) is 12.7. The average Bonchev–Trinajstić information content (AvgIpc) is 3.05. The molecule has 1 saturated heterocycles. The Morgan fingerprint density at radius 2 is 2.13 bits per heavy atom. The molecule has 0 amide bonds. The lowest BCUT2D eigenvalue weighted by atomic mass is 10.1. The van der Waals surface area contributed by atoms with E-state index in [1.54, 1.807) is 10.8 Å². The molecule has 0 saturated carbocycles. The number of rotatable bonds is 4. The number of anilines is 1. The molecule has 4 atom stereocenters. The first-order valence-electron chi connectivity index (χ1n) is 7.42. The van der Waals surface area contributed by atoms with Crippen LogP contribution in [0.15, 0.2) is 24.7 Å². The van der Waals surface area contributed by atoms with E-state index < -0.39 is 24.5 Å². The molecule has 8 heteroatoms. The monoisotopic (exact) mass is 320 g/mol. The van der Waals surface area contributed by atoms with Crippen molar-refractivity contribution in [2.75, 3.05) is 12.3 Å². The second-order valence-corrected chi connectivity index (χ2v) is 5.52. The summed E-state index contributed by atoms with van der Waals surface area (Å²) >= 11 is 0. The zero-order valence-electron chi connectivity index (χ0n) is 12.7. The Kier molecular flexibility index (Phi) is 4.31. The lowest BCUT2D eigenvalue weighted by Gasteiger charge is -2.17. The fraction of sp³-hybridized carbons (Fsp3) is 0.467. The van der Waals surface area contributed by atoms with Crippen LogP contribution in [-0.4, -0.2) is 54.8 Å². The van der Waals surface area contributed by atoms with Crippen molar-refractivity contribution < 1.29 is 20.1 Å². The number of aliphatic hydroxyl groups is 3. The highest BCUT2D eigenvalue weighted by atomic mass is 16.6. The van der Waals surface area contributed by atoms with E-state index >= 15 is 0 Å². The Labute approximate surface area is 132 Å². The number of ether oxygens (including phenoxy) is 1. The van der Waals surface area contributed by atoms with Gasteiger partial charge in [-0.2, -0.15) is 0 Å². The maximum atomic E-state index is 10.2. The van der Waals surface area contributed by atoms with Gasteiger partial charge in [-0.05, 0) is 18.9 Å². The quantitative estimate of drug-likeness (QED) is 0.572. The highest BCUT2D eigenvalue weighted by molar-refractivity contribution is 5.90. The first-order chi connectivity index (χ1) is 11.1. The number of fused-ring (bicyclic) bond motifs is 1. The van der Waals surface area contributed by atoms with Gasteiger partial charge in [-0.25, -0.2) is 9.97 Å². The van der Waals surface area contributed by atoms with Crippen molar-refractivity contribution >= 4 is 16.9 Å². The molecule has 0 unspecified atom stereocenters. The molecule has 0 spiro atoms. The summed E-state index contributed by atoms with van der Waals surface area (Å²) in [6.45, 7) is 1.54. The van der Waals surface area contributed by atoms with Crippen LogP contribution < -0.4 is 5.73 Å². The van der Waals surface area contributed by atoms with Gasteiger partial charge in [0.2, 0.25) is 0 Å². The van der Waals surface area contributed by atoms with Crippen LogP contribution in [0.3, 0.4) is 0 Å². The summed E-state index contributed by atoms with van der Waals surface area (Å²) in [7, 11) is 0. The van der Waals surface area contributed by atoms with E-state index in [9.17, 15) is 15.3 Å². The maximum absolute atomic E-state index is 10.2. The number of nitrogens with zero attached hydrogens (tertiary/aromatic N) is 3. The second kappa shape index (κ2) is 6.25. The van der Waals surface area contributed by atoms with Gasteiger partial charge in [-0.3, -0.25) is 0 Å². The van der Waals surface area contributed by atoms with Gasteiger partial charge in [-0.15, -0.1) is 0 Å². The predicted molar refractivity (Wildman–Crippen MR) is 83.5 cm³/mol. The molecule has 23 heavy (non-hydrogen) atoms. The molecule has 0 aliphatic carbocycles. The van der Waals surface area contributed by atoms with Crippen LogP contribution in [0.5, 0.6) is 0 Å². The van der Waals surface area contributed by atoms with Crippen LogP contribution in [0.2, 0.25) is 0 Å². The molecule has 0 aromatic carbocycles. The summed E-state index contributed by atoms with van der Waals surface area (Å²) in [6, 6.07) is 0. The van der Waals surface area contributed by atoms with Gasteiger partial charge < -0.3 is 30.4 Å². The van der Waals surface area contributed by atoms with Crippen molar-refractivity contribution in [3.8, 4) is 0 Å². The minimum absolute atomic E-state index is 0.347. The maximum Gasteiger partial charge on any atom is 0.164 e. The highest BCUT2D eigenvalue weighted by Gasteiger charge is 2.44. The molecule has 0 bridgehead atoms. The van der Waals surface area contributed by atoms with Crippen molar-refractivity contribution in [1.29, 1.82) is 0 Å². The Balaban J connectivity index is 2.09. The van der Waals surface area contributed by atoms with Crippen LogP contribution >= 0.6 is 0 Å². The Bertz CT molecular complexity index is 730. The Hall–Kier alpha value is -2.00. The number of hydrogen-bond donors (Lipinski definition) is 4. The van der Waals surface area contributed by atoms with E-state index in [0.717, 1.165) is 5.56 Å². The highest BCUT2D eigenvalue weighted by Crippen LogP contribution is 2.34. The lowest BCUT2D eigenvalue weighted by molar-refractivity contribution is -0.0509. The molecule has 2 aromatic rings. The van der Waals surface area contributed by atoms with Gasteiger partial charge in [0.05, 0.1) is 12.0 Å². The molecular weight excluding hydrogens is 300 g/mol. The standard InChI is InChI=1S/C15H20N4O4/c1-2-3-4-8-5-19(14-10(8)13(16)17-7-18-14)15-12(22)11(21)9(6-20)23-15/h2-3,5,7,9,11-12,15,20-22H,4,6H2,1H3,(H2,16,17,18)/b3-2+/t9-,11-,12-,15-/m1/s1. The molecule has 5 N–H and O–H groups in total. The summed E-state index contributed by atoms with van der Waals surface area (Å²) in [5.74, 6) is 0.347. The number of aromatic nitrogens is 3. The van der Waals surface area contributed by atoms with Crippen molar-refractivity contribution in [2.45, 2.75) is 37.9 Å². The van der Waals surface area contributed by atoms with Crippen LogP contribution in [0, 0.1) is 0 Å². The Morgan fingerprint density at radius 3 is 2.78 bits per heavy atom. The number of hydrogen-bond acceptors (Lipinski definition) is 7. The zero-order chi connectivity index (χ0) is 16.6.